The summed E-state index contributed by atoms with van der Waals surface area (Å²) in [5, 5.41) is 7.05. The van der Waals surface area contributed by atoms with Gasteiger partial charge in [-0.2, -0.15) is 0 Å². The van der Waals surface area contributed by atoms with Crippen molar-refractivity contribution < 1.29 is 4.74 Å². The van der Waals surface area contributed by atoms with Gasteiger partial charge in [0.05, 0.1) is 7.11 Å². The van der Waals surface area contributed by atoms with Gasteiger partial charge in [0.2, 0.25) is 0 Å². The molecule has 3 nitrogen and oxygen atoms in total. The molecule has 116 valence electrons. The van der Waals surface area contributed by atoms with Crippen molar-refractivity contribution in [2.45, 2.75) is 26.2 Å². The Balaban J connectivity index is 2.02. The fraction of sp³-hybridized carbons (Fsp3) is 0.278. The molecule has 0 unspecified atom stereocenters. The van der Waals surface area contributed by atoms with Gasteiger partial charge in [0.25, 0.3) is 0 Å². The summed E-state index contributed by atoms with van der Waals surface area (Å²) < 4.78 is 5.21. The minimum absolute atomic E-state index is 0.581. The Morgan fingerprint density at radius 3 is 2.68 bits per heavy atom. The van der Waals surface area contributed by atoms with Crippen molar-refractivity contribution >= 4 is 28.7 Å². The van der Waals surface area contributed by atoms with E-state index in [1.807, 2.05) is 30.3 Å². The molecule has 2 aromatic carbocycles. The topological polar surface area (TPSA) is 33.3 Å². The lowest BCUT2D eigenvalue weighted by atomic mass is 10.1. The molecule has 0 saturated carbocycles. The normalized spacial score (nSPS) is 10.1. The molecule has 0 fully saturated rings. The van der Waals surface area contributed by atoms with Gasteiger partial charge in [-0.15, -0.1) is 0 Å². The average Bonchev–Trinajstić information content (AvgIpc) is 2.54. The number of nitrogens with one attached hydrogen (secondary N) is 2. The van der Waals surface area contributed by atoms with Gasteiger partial charge in [-0.1, -0.05) is 37.6 Å². The predicted molar refractivity (Wildman–Crippen MR) is 97.9 cm³/mol. The number of thiocarbonyl (C=S) groups is 1. The largest absolute Gasteiger partial charge is 0.497 e. The van der Waals surface area contributed by atoms with Crippen LogP contribution in [-0.2, 0) is 6.42 Å². The highest BCUT2D eigenvalue weighted by Crippen LogP contribution is 2.19. The van der Waals surface area contributed by atoms with Crippen LogP contribution in [0, 0.1) is 0 Å². The van der Waals surface area contributed by atoms with Crippen LogP contribution in [0.1, 0.15) is 25.3 Å². The van der Waals surface area contributed by atoms with Crippen LogP contribution in [0.25, 0.3) is 0 Å². The lowest BCUT2D eigenvalue weighted by molar-refractivity contribution is 0.415. The second kappa shape index (κ2) is 8.39. The Morgan fingerprint density at radius 1 is 1.09 bits per heavy atom. The van der Waals surface area contributed by atoms with Crippen LogP contribution in [-0.4, -0.2) is 12.2 Å². The lowest BCUT2D eigenvalue weighted by Crippen LogP contribution is -2.19. The summed E-state index contributed by atoms with van der Waals surface area (Å²) in [7, 11) is 1.65. The third-order valence-corrected chi connectivity index (χ3v) is 3.60. The first-order chi connectivity index (χ1) is 10.7. The van der Waals surface area contributed by atoms with E-state index in [0.717, 1.165) is 23.5 Å². The molecule has 0 aliphatic carbocycles. The second-order valence-corrected chi connectivity index (χ2v) is 5.48. The number of unbranched alkanes of at least 4 members (excludes halogenated alkanes) is 1. The first kappa shape index (κ1) is 16.3. The molecule has 0 saturated heterocycles. The van der Waals surface area contributed by atoms with Gasteiger partial charge in [-0.05, 0) is 48.8 Å². The van der Waals surface area contributed by atoms with E-state index >= 15 is 0 Å². The third-order valence-electron chi connectivity index (χ3n) is 3.39. The van der Waals surface area contributed by atoms with E-state index in [9.17, 15) is 0 Å². The van der Waals surface area contributed by atoms with Crippen LogP contribution < -0.4 is 15.4 Å². The number of rotatable bonds is 6. The van der Waals surface area contributed by atoms with E-state index in [1.165, 1.54) is 18.4 Å². The Labute approximate surface area is 137 Å². The van der Waals surface area contributed by atoms with Gasteiger partial charge in [0.15, 0.2) is 5.11 Å². The number of hydrogen-bond donors (Lipinski definition) is 2. The fourth-order valence-electron chi connectivity index (χ4n) is 2.21. The van der Waals surface area contributed by atoms with Crippen molar-refractivity contribution in [3.8, 4) is 5.75 Å². The van der Waals surface area contributed by atoms with E-state index in [-0.39, 0.29) is 0 Å². The molecule has 0 radical (unpaired) electrons. The minimum Gasteiger partial charge on any atom is -0.497 e. The van der Waals surface area contributed by atoms with E-state index in [2.05, 4.69) is 35.8 Å². The van der Waals surface area contributed by atoms with Crippen molar-refractivity contribution in [1.29, 1.82) is 0 Å². The number of aryl methyl sites for hydroxylation is 1. The summed E-state index contributed by atoms with van der Waals surface area (Å²) in [4.78, 5) is 0. The number of ether oxygens (including phenoxy) is 1. The molecule has 2 aromatic rings. The van der Waals surface area contributed by atoms with Gasteiger partial charge in [-0.25, -0.2) is 0 Å². The van der Waals surface area contributed by atoms with Crippen molar-refractivity contribution in [3.05, 3.63) is 54.1 Å². The molecule has 0 aliphatic rings. The summed E-state index contributed by atoms with van der Waals surface area (Å²) in [6, 6.07) is 16.0. The summed E-state index contributed by atoms with van der Waals surface area (Å²) >= 11 is 5.41. The van der Waals surface area contributed by atoms with Crippen molar-refractivity contribution in [2.75, 3.05) is 17.7 Å². The smallest absolute Gasteiger partial charge is 0.175 e. The molecule has 0 heterocycles. The van der Waals surface area contributed by atoms with E-state index in [1.54, 1.807) is 7.11 Å². The van der Waals surface area contributed by atoms with Crippen LogP contribution in [0.2, 0.25) is 0 Å². The van der Waals surface area contributed by atoms with Crippen molar-refractivity contribution in [2.24, 2.45) is 0 Å². The molecular formula is C18H22N2OS. The molecule has 22 heavy (non-hydrogen) atoms. The molecule has 0 bridgehead atoms. The molecule has 0 amide bonds. The zero-order valence-electron chi connectivity index (χ0n) is 13.1. The van der Waals surface area contributed by atoms with Gasteiger partial charge in [0, 0.05) is 17.4 Å². The van der Waals surface area contributed by atoms with Crippen LogP contribution in [0.15, 0.2) is 48.5 Å². The molecule has 0 spiro atoms. The van der Waals surface area contributed by atoms with Crippen LogP contribution in [0.4, 0.5) is 11.4 Å². The van der Waals surface area contributed by atoms with Crippen LogP contribution >= 0.6 is 12.2 Å². The van der Waals surface area contributed by atoms with Gasteiger partial charge < -0.3 is 15.4 Å². The van der Waals surface area contributed by atoms with Gasteiger partial charge in [0.1, 0.15) is 5.75 Å². The zero-order chi connectivity index (χ0) is 15.8. The molecule has 2 rings (SSSR count). The lowest BCUT2D eigenvalue weighted by Gasteiger charge is -2.14. The average molecular weight is 314 g/mol. The SMILES string of the molecule is CCCCc1ccccc1NC(=S)Nc1cccc(OC)c1. The zero-order valence-corrected chi connectivity index (χ0v) is 13.9. The molecule has 0 aromatic heterocycles. The van der Waals surface area contributed by atoms with Crippen LogP contribution in [0.3, 0.4) is 0 Å². The number of benzene rings is 2. The van der Waals surface area contributed by atoms with E-state index in [0.29, 0.717) is 5.11 Å². The number of methoxy groups -OCH3 is 1. The first-order valence-electron chi connectivity index (χ1n) is 7.53. The maximum absolute atomic E-state index is 5.41. The minimum atomic E-state index is 0.581. The summed E-state index contributed by atoms with van der Waals surface area (Å²) in [6.07, 6.45) is 3.41. The van der Waals surface area contributed by atoms with Gasteiger partial charge in [-0.3, -0.25) is 0 Å². The number of para-hydroxylation sites is 1. The highest BCUT2D eigenvalue weighted by Gasteiger charge is 2.04. The first-order valence-corrected chi connectivity index (χ1v) is 7.93. The molecular weight excluding hydrogens is 292 g/mol. The van der Waals surface area contributed by atoms with E-state index in [4.69, 9.17) is 17.0 Å². The van der Waals surface area contributed by atoms with Crippen molar-refractivity contribution in [3.63, 3.8) is 0 Å². The standard InChI is InChI=1S/C18H22N2OS/c1-3-4-8-14-9-5-6-12-17(14)20-18(22)19-15-10-7-11-16(13-15)21-2/h5-7,9-13H,3-4,8H2,1-2H3,(H2,19,20,22). The summed E-state index contributed by atoms with van der Waals surface area (Å²) in [5.74, 6) is 0.802. The predicted octanol–water partition coefficient (Wildman–Crippen LogP) is 4.85. The highest BCUT2D eigenvalue weighted by molar-refractivity contribution is 7.80. The number of anilines is 2. The quantitative estimate of drug-likeness (QED) is 0.747. The molecule has 4 heteroatoms. The maximum Gasteiger partial charge on any atom is 0.175 e. The number of hydrogen-bond acceptors (Lipinski definition) is 2. The van der Waals surface area contributed by atoms with E-state index < -0.39 is 0 Å². The fourth-order valence-corrected chi connectivity index (χ4v) is 2.44. The maximum atomic E-state index is 5.41. The van der Waals surface area contributed by atoms with Crippen molar-refractivity contribution in [1.82, 2.24) is 0 Å². The second-order valence-electron chi connectivity index (χ2n) is 5.07. The Kier molecular flexibility index (Phi) is 6.22. The van der Waals surface area contributed by atoms with Crippen LogP contribution in [0.5, 0.6) is 5.75 Å². The molecule has 2 N–H and O–H groups in total. The molecule has 0 aliphatic heterocycles. The highest BCUT2D eigenvalue weighted by atomic mass is 32.1. The summed E-state index contributed by atoms with van der Waals surface area (Å²) in [6.45, 7) is 2.20. The Hall–Kier alpha value is -2.07. The molecule has 0 atom stereocenters. The Bertz CT molecular complexity index is 628. The summed E-state index contributed by atoms with van der Waals surface area (Å²) in [5.41, 5.74) is 3.26. The monoisotopic (exact) mass is 314 g/mol. The third kappa shape index (κ3) is 4.74. The van der Waals surface area contributed by atoms with Gasteiger partial charge >= 0.3 is 0 Å². The Morgan fingerprint density at radius 2 is 1.91 bits per heavy atom.